The minimum atomic E-state index is -0.991. The average molecular weight is 529 g/mol. The zero-order valence-electron chi connectivity index (χ0n) is 23.3. The van der Waals surface area contributed by atoms with E-state index in [-0.39, 0.29) is 34.9 Å². The van der Waals surface area contributed by atoms with Crippen LogP contribution in [0.4, 0.5) is 5.69 Å². The van der Waals surface area contributed by atoms with Crippen molar-refractivity contribution in [3.63, 3.8) is 0 Å². The number of rotatable bonds is 6. The van der Waals surface area contributed by atoms with E-state index in [2.05, 4.69) is 36.4 Å². The third kappa shape index (κ3) is 5.93. The maximum Gasteiger partial charge on any atom is 0.248 e. The summed E-state index contributed by atoms with van der Waals surface area (Å²) in [5.41, 5.74) is 2.62. The molecule has 0 bridgehead atoms. The highest BCUT2D eigenvalue weighted by Gasteiger charge is 2.39. The molecule has 2 amide bonds. The number of aromatic nitrogens is 1. The minimum absolute atomic E-state index is 0.0545. The van der Waals surface area contributed by atoms with Crippen molar-refractivity contribution in [3.8, 4) is 0 Å². The number of aromatic amines is 1. The number of hydrogen-bond donors (Lipinski definition) is 3. The van der Waals surface area contributed by atoms with Crippen LogP contribution >= 0.6 is 0 Å². The number of carbonyl (C=O) groups is 2. The number of pyridine rings is 1. The van der Waals surface area contributed by atoms with Crippen molar-refractivity contribution in [3.05, 3.63) is 76.1 Å². The van der Waals surface area contributed by atoms with Gasteiger partial charge in [0.1, 0.15) is 6.04 Å². The Kier molecular flexibility index (Phi) is 7.89. The molecule has 1 saturated carbocycles. The number of para-hydroxylation sites is 1. The Balaban J connectivity index is 1.67. The molecule has 2 aromatic carbocycles. The Morgan fingerprint density at radius 1 is 0.949 bits per heavy atom. The van der Waals surface area contributed by atoms with Gasteiger partial charge in [-0.25, -0.2) is 0 Å². The lowest BCUT2D eigenvalue weighted by atomic mass is 9.87. The van der Waals surface area contributed by atoms with Crippen molar-refractivity contribution in [1.82, 2.24) is 15.6 Å². The van der Waals surface area contributed by atoms with E-state index in [9.17, 15) is 14.4 Å². The summed E-state index contributed by atoms with van der Waals surface area (Å²) in [4.78, 5) is 45.9. The molecule has 3 N–H and O–H groups in total. The first-order valence-electron chi connectivity index (χ1n) is 14.3. The number of nitrogens with zero attached hydrogens (tertiary/aromatic N) is 1. The number of amides is 2. The minimum Gasteiger partial charge on any atom is -0.351 e. The number of benzene rings is 2. The third-order valence-electron chi connectivity index (χ3n) is 8.14. The topological polar surface area (TPSA) is 94.3 Å². The van der Waals surface area contributed by atoms with Crippen LogP contribution in [0.15, 0.2) is 59.4 Å². The quantitative estimate of drug-likeness (QED) is 0.415. The number of anilines is 1. The van der Waals surface area contributed by atoms with Gasteiger partial charge in [0.05, 0.1) is 6.04 Å². The monoisotopic (exact) mass is 528 g/mol. The number of H-pyrrole nitrogens is 1. The normalized spacial score (nSPS) is 19.1. The number of carbonyl (C=O) groups excluding carboxylic acids is 2. The van der Waals surface area contributed by atoms with E-state index < -0.39 is 6.04 Å². The van der Waals surface area contributed by atoms with Gasteiger partial charge in [0.2, 0.25) is 17.4 Å². The SMILES string of the molecule is CC(C)(C)c1ccc(N(C(=O)[C@H]2CCCN2)C(C(=O)NC2CCCCC2)c2cc(=O)[nH]c3ccccc23)cc1. The van der Waals surface area contributed by atoms with Crippen molar-refractivity contribution in [2.45, 2.75) is 89.3 Å². The Bertz CT molecular complexity index is 1380. The standard InChI is InChI=1S/C32H40N4O3/c1-32(2,3)21-15-17-23(18-16-21)36(31(39)27-14-9-19-33-27)29(30(38)34-22-10-5-4-6-11-22)25-20-28(37)35-26-13-8-7-12-24(25)26/h7-8,12-13,15-18,20,22,27,29,33H,4-6,9-11,14,19H2,1-3H3,(H,34,38)(H,35,37)/t27-,29?/m1/s1. The van der Waals surface area contributed by atoms with Gasteiger partial charge in [-0.3, -0.25) is 19.3 Å². The summed E-state index contributed by atoms with van der Waals surface area (Å²) in [5.74, 6) is -0.395. The second-order valence-corrected chi connectivity index (χ2v) is 12.0. The fourth-order valence-electron chi connectivity index (χ4n) is 5.97. The summed E-state index contributed by atoms with van der Waals surface area (Å²) < 4.78 is 0. The lowest BCUT2D eigenvalue weighted by Gasteiger charge is -2.35. The van der Waals surface area contributed by atoms with Crippen molar-refractivity contribution >= 4 is 28.4 Å². The summed E-state index contributed by atoms with van der Waals surface area (Å²) in [5, 5.41) is 7.35. The molecule has 1 unspecified atom stereocenters. The number of nitrogens with one attached hydrogen (secondary N) is 3. The third-order valence-corrected chi connectivity index (χ3v) is 8.14. The molecule has 2 fully saturated rings. The van der Waals surface area contributed by atoms with Gasteiger partial charge in [-0.15, -0.1) is 0 Å². The van der Waals surface area contributed by atoms with E-state index in [1.807, 2.05) is 48.5 Å². The maximum absolute atomic E-state index is 14.3. The lowest BCUT2D eigenvalue weighted by molar-refractivity contribution is -0.127. The van der Waals surface area contributed by atoms with Crippen LogP contribution < -0.4 is 21.1 Å². The van der Waals surface area contributed by atoms with Gasteiger partial charge in [-0.2, -0.15) is 0 Å². The Hall–Kier alpha value is -3.45. The van der Waals surface area contributed by atoms with Crippen LogP contribution in [0.2, 0.25) is 0 Å². The molecule has 7 heteroatoms. The predicted molar refractivity (Wildman–Crippen MR) is 156 cm³/mol. The summed E-state index contributed by atoms with van der Waals surface area (Å²) in [6.07, 6.45) is 6.79. The van der Waals surface area contributed by atoms with Crippen LogP contribution in [-0.4, -0.2) is 35.4 Å². The van der Waals surface area contributed by atoms with Crippen molar-refractivity contribution in [2.24, 2.45) is 0 Å². The molecule has 1 saturated heterocycles. The van der Waals surface area contributed by atoms with Gasteiger partial charge < -0.3 is 15.6 Å². The van der Waals surface area contributed by atoms with Gasteiger partial charge in [-0.05, 0) is 67.0 Å². The molecule has 7 nitrogen and oxygen atoms in total. The summed E-state index contributed by atoms with van der Waals surface area (Å²) in [7, 11) is 0. The van der Waals surface area contributed by atoms with Gasteiger partial charge in [0, 0.05) is 28.7 Å². The Morgan fingerprint density at radius 3 is 2.33 bits per heavy atom. The molecule has 0 spiro atoms. The Labute approximate surface area is 230 Å². The van der Waals surface area contributed by atoms with E-state index in [1.54, 1.807) is 4.90 Å². The Morgan fingerprint density at radius 2 is 1.67 bits per heavy atom. The van der Waals surface area contributed by atoms with E-state index in [4.69, 9.17) is 0 Å². The number of fused-ring (bicyclic) bond motifs is 1. The highest BCUT2D eigenvalue weighted by Crippen LogP contribution is 2.34. The molecule has 5 rings (SSSR count). The smallest absolute Gasteiger partial charge is 0.248 e. The molecule has 206 valence electrons. The predicted octanol–water partition coefficient (Wildman–Crippen LogP) is 5.10. The van der Waals surface area contributed by atoms with E-state index in [0.29, 0.717) is 23.2 Å². The molecule has 2 heterocycles. The molecule has 2 atom stereocenters. The zero-order chi connectivity index (χ0) is 27.6. The molecule has 39 heavy (non-hydrogen) atoms. The highest BCUT2D eigenvalue weighted by molar-refractivity contribution is 6.05. The molecule has 1 aliphatic carbocycles. The molecule has 2 aliphatic rings. The van der Waals surface area contributed by atoms with Gasteiger partial charge in [0.25, 0.3) is 0 Å². The molecule has 0 radical (unpaired) electrons. The summed E-state index contributed by atoms with van der Waals surface area (Å²) in [6, 6.07) is 15.6. The second-order valence-electron chi connectivity index (χ2n) is 12.0. The van der Waals surface area contributed by atoms with E-state index in [0.717, 1.165) is 49.6 Å². The number of hydrogen-bond acceptors (Lipinski definition) is 4. The lowest BCUT2D eigenvalue weighted by Crippen LogP contribution is -2.51. The molecule has 1 aliphatic heterocycles. The van der Waals surface area contributed by atoms with Crippen molar-refractivity contribution < 1.29 is 9.59 Å². The molecule has 1 aromatic heterocycles. The van der Waals surface area contributed by atoms with Gasteiger partial charge in [0.15, 0.2) is 0 Å². The van der Waals surface area contributed by atoms with Crippen molar-refractivity contribution in [2.75, 3.05) is 11.4 Å². The first kappa shape index (κ1) is 27.1. The summed E-state index contributed by atoms with van der Waals surface area (Å²) >= 11 is 0. The fourth-order valence-corrected chi connectivity index (χ4v) is 5.97. The van der Waals surface area contributed by atoms with Crippen molar-refractivity contribution in [1.29, 1.82) is 0 Å². The maximum atomic E-state index is 14.3. The van der Waals surface area contributed by atoms with Crippen LogP contribution in [0.3, 0.4) is 0 Å². The van der Waals surface area contributed by atoms with E-state index >= 15 is 0 Å². The summed E-state index contributed by atoms with van der Waals surface area (Å²) in [6.45, 7) is 7.21. The van der Waals surface area contributed by atoms with Crippen LogP contribution in [0, 0.1) is 0 Å². The molecular weight excluding hydrogens is 488 g/mol. The average Bonchev–Trinajstić information content (AvgIpc) is 3.46. The molecule has 3 aromatic rings. The fraction of sp³-hybridized carbons (Fsp3) is 0.469. The van der Waals surface area contributed by atoms with Crippen LogP contribution in [0.25, 0.3) is 10.9 Å². The zero-order valence-corrected chi connectivity index (χ0v) is 23.3. The largest absolute Gasteiger partial charge is 0.351 e. The van der Waals surface area contributed by atoms with Gasteiger partial charge >= 0.3 is 0 Å². The van der Waals surface area contributed by atoms with Crippen LogP contribution in [0.1, 0.15) is 82.9 Å². The first-order chi connectivity index (χ1) is 18.7. The van der Waals surface area contributed by atoms with E-state index in [1.165, 1.54) is 12.5 Å². The first-order valence-corrected chi connectivity index (χ1v) is 14.3. The molecular formula is C32H40N4O3. The van der Waals surface area contributed by atoms with Gasteiger partial charge in [-0.1, -0.05) is 70.4 Å². The van der Waals surface area contributed by atoms with Crippen LogP contribution in [-0.2, 0) is 15.0 Å². The second kappa shape index (κ2) is 11.3. The van der Waals surface area contributed by atoms with Crippen LogP contribution in [0.5, 0.6) is 0 Å². The highest BCUT2D eigenvalue weighted by atomic mass is 16.2.